The number of rotatable bonds is 5. The van der Waals surface area contributed by atoms with Gasteiger partial charge < -0.3 is 14.9 Å². The highest BCUT2D eigenvalue weighted by Gasteiger charge is 2.54. The molecule has 0 unspecified atom stereocenters. The molecule has 2 saturated heterocycles. The highest BCUT2D eigenvalue weighted by atomic mass is 16.3. The van der Waals surface area contributed by atoms with Gasteiger partial charge in [-0.15, -0.1) is 0 Å². The zero-order chi connectivity index (χ0) is 18.0. The molecule has 2 amide bonds. The van der Waals surface area contributed by atoms with Gasteiger partial charge in [-0.05, 0) is 12.0 Å². The first-order chi connectivity index (χ1) is 11.9. The molecule has 5 heteroatoms. The highest BCUT2D eigenvalue weighted by molar-refractivity contribution is 5.79. The normalized spacial score (nSPS) is 25.5. The fraction of sp³-hybridized carbons (Fsp3) is 0.600. The van der Waals surface area contributed by atoms with E-state index >= 15 is 0 Å². The molecule has 0 saturated carbocycles. The van der Waals surface area contributed by atoms with Gasteiger partial charge in [0.1, 0.15) is 0 Å². The molecule has 136 valence electrons. The minimum absolute atomic E-state index is 0.0295. The molecule has 0 bridgehead atoms. The van der Waals surface area contributed by atoms with Crippen molar-refractivity contribution in [3.63, 3.8) is 0 Å². The third-order valence-corrected chi connectivity index (χ3v) is 5.70. The predicted octanol–water partition coefficient (Wildman–Crippen LogP) is 1.55. The van der Waals surface area contributed by atoms with Gasteiger partial charge in [-0.25, -0.2) is 0 Å². The Kier molecular flexibility index (Phi) is 5.13. The Morgan fingerprint density at radius 2 is 1.80 bits per heavy atom. The number of fused-ring (bicyclic) bond motifs is 1. The molecule has 2 heterocycles. The highest BCUT2D eigenvalue weighted by Crippen LogP contribution is 2.42. The van der Waals surface area contributed by atoms with E-state index in [9.17, 15) is 14.7 Å². The lowest BCUT2D eigenvalue weighted by Gasteiger charge is -2.28. The Labute approximate surface area is 149 Å². The largest absolute Gasteiger partial charge is 0.396 e. The number of aliphatic hydroxyl groups excluding tert-OH is 1. The third kappa shape index (κ3) is 3.56. The minimum Gasteiger partial charge on any atom is -0.396 e. The lowest BCUT2D eigenvalue weighted by Crippen LogP contribution is -2.41. The van der Waals surface area contributed by atoms with E-state index in [0.29, 0.717) is 32.6 Å². The second-order valence-electron chi connectivity index (χ2n) is 7.85. The van der Waals surface area contributed by atoms with Crippen molar-refractivity contribution >= 4 is 11.8 Å². The van der Waals surface area contributed by atoms with Crippen molar-refractivity contribution in [2.45, 2.75) is 26.7 Å². The Morgan fingerprint density at radius 3 is 2.40 bits per heavy atom. The molecule has 25 heavy (non-hydrogen) atoms. The van der Waals surface area contributed by atoms with Gasteiger partial charge in [-0.3, -0.25) is 9.59 Å². The molecule has 5 nitrogen and oxygen atoms in total. The van der Waals surface area contributed by atoms with E-state index in [0.717, 1.165) is 6.42 Å². The van der Waals surface area contributed by atoms with Crippen LogP contribution < -0.4 is 0 Å². The molecule has 1 aromatic carbocycles. The van der Waals surface area contributed by atoms with E-state index in [1.54, 1.807) is 0 Å². The number of benzene rings is 1. The van der Waals surface area contributed by atoms with Crippen LogP contribution in [0, 0.1) is 17.3 Å². The summed E-state index contributed by atoms with van der Waals surface area (Å²) in [6, 6.07) is 10.0. The number of carbonyl (C=O) groups is 2. The molecule has 1 N–H and O–H groups in total. The molecule has 0 radical (unpaired) electrons. The topological polar surface area (TPSA) is 60.9 Å². The van der Waals surface area contributed by atoms with Crippen LogP contribution in [-0.4, -0.2) is 59.5 Å². The SMILES string of the molecule is CC(C)C(=O)N1C[C@@H]2CN(C(=O)CCc3ccccc3)C[C@]2(CO)C1. The summed E-state index contributed by atoms with van der Waals surface area (Å²) in [4.78, 5) is 28.6. The number of likely N-dealkylation sites (tertiary alicyclic amines) is 2. The fourth-order valence-electron chi connectivity index (χ4n) is 4.18. The molecule has 2 atom stereocenters. The standard InChI is InChI=1S/C20H28N2O3/c1-15(2)19(25)22-11-17-10-21(12-20(17,13-22)14-23)18(24)9-8-16-6-4-3-5-7-16/h3-7,15,17,23H,8-14H2,1-2H3/t17-,20+/m0/s1. The van der Waals surface area contributed by atoms with E-state index in [2.05, 4.69) is 0 Å². The van der Waals surface area contributed by atoms with Crippen LogP contribution >= 0.6 is 0 Å². The summed E-state index contributed by atoms with van der Waals surface area (Å²) in [5.74, 6) is 0.441. The van der Waals surface area contributed by atoms with E-state index in [-0.39, 0.29) is 35.7 Å². The number of nitrogens with zero attached hydrogens (tertiary/aromatic N) is 2. The van der Waals surface area contributed by atoms with Gasteiger partial charge in [0, 0.05) is 49.9 Å². The molecule has 0 aliphatic carbocycles. The number of hydrogen-bond acceptors (Lipinski definition) is 3. The summed E-state index contributed by atoms with van der Waals surface area (Å²) < 4.78 is 0. The van der Waals surface area contributed by atoms with Crippen molar-refractivity contribution in [3.05, 3.63) is 35.9 Å². The molecule has 3 rings (SSSR count). The number of amides is 2. The molecular weight excluding hydrogens is 316 g/mol. The van der Waals surface area contributed by atoms with Crippen LogP contribution in [0.15, 0.2) is 30.3 Å². The number of carbonyl (C=O) groups excluding carboxylic acids is 2. The van der Waals surface area contributed by atoms with Gasteiger partial charge in [-0.2, -0.15) is 0 Å². The maximum Gasteiger partial charge on any atom is 0.225 e. The zero-order valence-corrected chi connectivity index (χ0v) is 15.1. The van der Waals surface area contributed by atoms with E-state index in [1.165, 1.54) is 5.56 Å². The van der Waals surface area contributed by atoms with Crippen LogP contribution in [0.1, 0.15) is 25.8 Å². The zero-order valence-electron chi connectivity index (χ0n) is 15.1. The quantitative estimate of drug-likeness (QED) is 0.882. The van der Waals surface area contributed by atoms with Gasteiger partial charge in [0.25, 0.3) is 0 Å². The monoisotopic (exact) mass is 344 g/mol. The van der Waals surface area contributed by atoms with Crippen molar-refractivity contribution in [2.75, 3.05) is 32.8 Å². The molecule has 1 aromatic rings. The summed E-state index contributed by atoms with van der Waals surface area (Å²) in [6.45, 7) is 6.26. The lowest BCUT2D eigenvalue weighted by atomic mass is 9.82. The Morgan fingerprint density at radius 1 is 1.16 bits per heavy atom. The van der Waals surface area contributed by atoms with Gasteiger partial charge in [0.05, 0.1) is 6.61 Å². The van der Waals surface area contributed by atoms with Crippen LogP contribution in [-0.2, 0) is 16.0 Å². The predicted molar refractivity (Wildman–Crippen MR) is 95.8 cm³/mol. The Hall–Kier alpha value is -1.88. The average Bonchev–Trinajstić information content (AvgIpc) is 3.14. The number of aliphatic hydroxyl groups is 1. The molecule has 0 spiro atoms. The second kappa shape index (κ2) is 7.16. The third-order valence-electron chi connectivity index (χ3n) is 5.70. The Bertz CT molecular complexity index is 631. The lowest BCUT2D eigenvalue weighted by molar-refractivity contribution is -0.134. The van der Waals surface area contributed by atoms with Crippen LogP contribution in [0.3, 0.4) is 0 Å². The van der Waals surface area contributed by atoms with Crippen LogP contribution in [0.25, 0.3) is 0 Å². The van der Waals surface area contributed by atoms with E-state index in [1.807, 2.05) is 54.0 Å². The maximum absolute atomic E-state index is 12.6. The number of hydrogen-bond donors (Lipinski definition) is 1. The summed E-state index contributed by atoms with van der Waals surface area (Å²) in [7, 11) is 0. The first-order valence-electron chi connectivity index (χ1n) is 9.16. The minimum atomic E-state index is -0.340. The molecule has 2 fully saturated rings. The van der Waals surface area contributed by atoms with Crippen molar-refractivity contribution in [3.8, 4) is 0 Å². The van der Waals surface area contributed by atoms with E-state index in [4.69, 9.17) is 0 Å². The van der Waals surface area contributed by atoms with Crippen LogP contribution in [0.2, 0.25) is 0 Å². The van der Waals surface area contributed by atoms with E-state index < -0.39 is 0 Å². The molecule has 2 aliphatic rings. The first kappa shape index (κ1) is 17.9. The van der Waals surface area contributed by atoms with Gasteiger partial charge in [-0.1, -0.05) is 44.2 Å². The summed E-state index contributed by atoms with van der Waals surface area (Å²) in [5, 5.41) is 10.00. The molecule has 2 aliphatic heterocycles. The smallest absolute Gasteiger partial charge is 0.225 e. The molecular formula is C20H28N2O3. The average molecular weight is 344 g/mol. The van der Waals surface area contributed by atoms with Gasteiger partial charge in [0.2, 0.25) is 11.8 Å². The summed E-state index contributed by atoms with van der Waals surface area (Å²) in [6.07, 6.45) is 1.23. The van der Waals surface area contributed by atoms with Crippen molar-refractivity contribution in [1.29, 1.82) is 0 Å². The van der Waals surface area contributed by atoms with Crippen LogP contribution in [0.4, 0.5) is 0 Å². The Balaban J connectivity index is 1.59. The van der Waals surface area contributed by atoms with Crippen LogP contribution in [0.5, 0.6) is 0 Å². The summed E-state index contributed by atoms with van der Waals surface area (Å²) in [5.41, 5.74) is 0.827. The van der Waals surface area contributed by atoms with Gasteiger partial charge in [0.15, 0.2) is 0 Å². The molecule has 0 aromatic heterocycles. The number of aryl methyl sites for hydroxylation is 1. The second-order valence-corrected chi connectivity index (χ2v) is 7.85. The van der Waals surface area contributed by atoms with Crippen molar-refractivity contribution in [1.82, 2.24) is 9.80 Å². The summed E-state index contributed by atoms with van der Waals surface area (Å²) >= 11 is 0. The van der Waals surface area contributed by atoms with Crippen molar-refractivity contribution < 1.29 is 14.7 Å². The fourth-order valence-corrected chi connectivity index (χ4v) is 4.18. The first-order valence-corrected chi connectivity index (χ1v) is 9.16. The van der Waals surface area contributed by atoms with Crippen molar-refractivity contribution in [2.24, 2.45) is 17.3 Å². The maximum atomic E-state index is 12.6. The van der Waals surface area contributed by atoms with Gasteiger partial charge >= 0.3 is 0 Å².